The number of allylic oxidation sites excluding steroid dienone is 4. The fourth-order valence-electron chi connectivity index (χ4n) is 1.74. The van der Waals surface area contributed by atoms with E-state index in [0.717, 1.165) is 0 Å². The summed E-state index contributed by atoms with van der Waals surface area (Å²) in [6, 6.07) is 0. The lowest BCUT2D eigenvalue weighted by Crippen LogP contribution is -2.32. The Balaban J connectivity index is 0. The second kappa shape index (κ2) is 16.7. The van der Waals surface area contributed by atoms with Gasteiger partial charge in [0.05, 0.1) is 32.0 Å². The van der Waals surface area contributed by atoms with Gasteiger partial charge in [-0.05, 0) is 34.1 Å². The number of rotatable bonds is 10. The van der Waals surface area contributed by atoms with Crippen molar-refractivity contribution in [3.05, 3.63) is 48.6 Å². The van der Waals surface area contributed by atoms with Gasteiger partial charge in [0, 0.05) is 5.41 Å². The number of hydrogen-bond acceptors (Lipinski definition) is 4. The van der Waals surface area contributed by atoms with Gasteiger partial charge in [0.15, 0.2) is 0 Å². The lowest BCUT2D eigenvalue weighted by atomic mass is 9.88. The number of hydrogen-bond donors (Lipinski definition) is 3. The monoisotopic (exact) mass is 340 g/mol. The summed E-state index contributed by atoms with van der Waals surface area (Å²) in [5.74, 6) is 0. The Kier molecular flexibility index (Phi) is 17.4. The van der Waals surface area contributed by atoms with Gasteiger partial charge < -0.3 is 20.1 Å². The highest BCUT2D eigenvalue weighted by atomic mass is 16.5. The van der Waals surface area contributed by atoms with Gasteiger partial charge in [-0.25, -0.2) is 0 Å². The van der Waals surface area contributed by atoms with E-state index >= 15 is 0 Å². The van der Waals surface area contributed by atoms with E-state index in [9.17, 15) is 0 Å². The van der Waals surface area contributed by atoms with E-state index in [2.05, 4.69) is 0 Å². The molecule has 140 valence electrons. The van der Waals surface area contributed by atoms with E-state index in [1.165, 1.54) is 0 Å². The van der Waals surface area contributed by atoms with E-state index in [1.807, 2.05) is 83.2 Å². The van der Waals surface area contributed by atoms with E-state index < -0.39 is 5.41 Å². The molecule has 0 bridgehead atoms. The molecule has 0 aliphatic carbocycles. The second-order valence-corrected chi connectivity index (χ2v) is 5.50. The third-order valence-electron chi connectivity index (χ3n) is 3.60. The van der Waals surface area contributed by atoms with Crippen LogP contribution < -0.4 is 0 Å². The Hall–Kier alpha value is -1.20. The zero-order valence-electron chi connectivity index (χ0n) is 15.9. The lowest BCUT2D eigenvalue weighted by molar-refractivity contribution is 0.00304. The standard InChI is InChI=1S/C14H22O.C6H14O3/c1-5-9-13(10-6-2)15-14(11-7-3)12-8-4;1-2-6(3-7,4-8)5-9/h5-14H,1-4H3;7-9H,2-5H2,1H3. The molecule has 0 unspecified atom stereocenters. The zero-order chi connectivity index (χ0) is 18.8. The Morgan fingerprint density at radius 1 is 0.708 bits per heavy atom. The normalized spacial score (nSPS) is 15.3. The highest BCUT2D eigenvalue weighted by Gasteiger charge is 2.24. The fourth-order valence-corrected chi connectivity index (χ4v) is 1.74. The maximum Gasteiger partial charge on any atom is 0.0949 e. The van der Waals surface area contributed by atoms with E-state index in [0.29, 0.717) is 6.42 Å². The molecule has 0 spiro atoms. The molecule has 0 aromatic carbocycles. The first-order chi connectivity index (χ1) is 11.5. The van der Waals surface area contributed by atoms with Crippen molar-refractivity contribution in [1.82, 2.24) is 0 Å². The quantitative estimate of drug-likeness (QED) is 0.533. The number of aliphatic hydroxyl groups is 3. The molecule has 0 fully saturated rings. The number of ether oxygens (including phenoxy) is 1. The van der Waals surface area contributed by atoms with Gasteiger partial charge in [0.25, 0.3) is 0 Å². The summed E-state index contributed by atoms with van der Waals surface area (Å²) in [6.45, 7) is 9.35. The molecular weight excluding hydrogens is 304 g/mol. The highest BCUT2D eigenvalue weighted by Crippen LogP contribution is 2.18. The van der Waals surface area contributed by atoms with Crippen LogP contribution in [0.2, 0.25) is 0 Å². The van der Waals surface area contributed by atoms with Crippen molar-refractivity contribution < 1.29 is 20.1 Å². The van der Waals surface area contributed by atoms with Crippen LogP contribution >= 0.6 is 0 Å². The predicted octanol–water partition coefficient (Wildman–Crippen LogP) is 3.40. The molecule has 0 heterocycles. The zero-order valence-corrected chi connectivity index (χ0v) is 15.9. The first-order valence-electron chi connectivity index (χ1n) is 8.52. The van der Waals surface area contributed by atoms with Crippen molar-refractivity contribution in [2.75, 3.05) is 19.8 Å². The van der Waals surface area contributed by atoms with Crippen molar-refractivity contribution in [2.45, 2.75) is 53.2 Å². The molecule has 4 nitrogen and oxygen atoms in total. The van der Waals surface area contributed by atoms with Gasteiger partial charge in [-0.2, -0.15) is 0 Å². The van der Waals surface area contributed by atoms with Crippen molar-refractivity contribution in [2.24, 2.45) is 5.41 Å². The van der Waals surface area contributed by atoms with E-state index in [4.69, 9.17) is 20.1 Å². The van der Waals surface area contributed by atoms with Crippen molar-refractivity contribution >= 4 is 0 Å². The minimum Gasteiger partial charge on any atom is -0.396 e. The molecule has 24 heavy (non-hydrogen) atoms. The smallest absolute Gasteiger partial charge is 0.0949 e. The largest absolute Gasteiger partial charge is 0.396 e. The van der Waals surface area contributed by atoms with Gasteiger partial charge >= 0.3 is 0 Å². The van der Waals surface area contributed by atoms with Crippen molar-refractivity contribution in [1.29, 1.82) is 0 Å². The predicted molar refractivity (Wildman–Crippen MR) is 102 cm³/mol. The van der Waals surface area contributed by atoms with Crippen LogP contribution in [0.1, 0.15) is 41.0 Å². The maximum absolute atomic E-state index is 8.66. The summed E-state index contributed by atoms with van der Waals surface area (Å²) in [4.78, 5) is 0. The summed E-state index contributed by atoms with van der Waals surface area (Å²) < 4.78 is 5.86. The minimum atomic E-state index is -0.667. The molecule has 0 aromatic heterocycles. The summed E-state index contributed by atoms with van der Waals surface area (Å²) in [5.41, 5.74) is -0.667. The Bertz CT molecular complexity index is 312. The van der Waals surface area contributed by atoms with Gasteiger partial charge in [-0.1, -0.05) is 55.5 Å². The first-order valence-corrected chi connectivity index (χ1v) is 8.52. The summed E-state index contributed by atoms with van der Waals surface area (Å²) >= 11 is 0. The van der Waals surface area contributed by atoms with Crippen LogP contribution in [0.3, 0.4) is 0 Å². The summed E-state index contributed by atoms with van der Waals surface area (Å²) in [7, 11) is 0. The van der Waals surface area contributed by atoms with Crippen LogP contribution in [0.15, 0.2) is 48.6 Å². The average molecular weight is 341 g/mol. The molecule has 0 aliphatic heterocycles. The lowest BCUT2D eigenvalue weighted by Gasteiger charge is -2.24. The Morgan fingerprint density at radius 2 is 1.00 bits per heavy atom. The molecule has 0 amide bonds. The molecule has 0 saturated carbocycles. The van der Waals surface area contributed by atoms with Gasteiger partial charge in [-0.3, -0.25) is 0 Å². The Morgan fingerprint density at radius 3 is 1.12 bits per heavy atom. The van der Waals surface area contributed by atoms with Crippen LogP contribution in [0.5, 0.6) is 0 Å². The molecule has 0 atom stereocenters. The third kappa shape index (κ3) is 11.4. The van der Waals surface area contributed by atoms with Crippen molar-refractivity contribution in [3.63, 3.8) is 0 Å². The van der Waals surface area contributed by atoms with Crippen molar-refractivity contribution in [3.8, 4) is 0 Å². The number of aliphatic hydroxyl groups excluding tert-OH is 3. The maximum atomic E-state index is 8.66. The Labute approximate surface area is 147 Å². The molecule has 4 heteroatoms. The minimum absolute atomic E-state index is 0.0531. The van der Waals surface area contributed by atoms with Crippen LogP contribution in [-0.2, 0) is 4.74 Å². The van der Waals surface area contributed by atoms with Crippen LogP contribution in [0, 0.1) is 5.41 Å². The molecule has 0 aliphatic rings. The third-order valence-corrected chi connectivity index (χ3v) is 3.60. The van der Waals surface area contributed by atoms with Gasteiger partial charge in [0.2, 0.25) is 0 Å². The van der Waals surface area contributed by atoms with Crippen LogP contribution in [-0.4, -0.2) is 47.3 Å². The van der Waals surface area contributed by atoms with E-state index in [-0.39, 0.29) is 32.0 Å². The second-order valence-electron chi connectivity index (χ2n) is 5.50. The summed E-state index contributed by atoms with van der Waals surface area (Å²) in [6.07, 6.45) is 16.9. The average Bonchev–Trinajstić information content (AvgIpc) is 2.59. The van der Waals surface area contributed by atoms with Gasteiger partial charge in [-0.15, -0.1) is 0 Å². The fraction of sp³-hybridized carbons (Fsp3) is 0.600. The molecule has 0 aromatic rings. The van der Waals surface area contributed by atoms with Crippen LogP contribution in [0.4, 0.5) is 0 Å². The topological polar surface area (TPSA) is 69.9 Å². The SMILES string of the molecule is CC=CC(C=CC)OC(C=CC)C=CC.CCC(CO)(CO)CO. The first kappa shape index (κ1) is 25.0. The molecular formula is C20H36O4. The highest BCUT2D eigenvalue weighted by molar-refractivity contribution is 5.06. The molecule has 3 N–H and O–H groups in total. The van der Waals surface area contributed by atoms with Crippen LogP contribution in [0.25, 0.3) is 0 Å². The summed E-state index contributed by atoms with van der Waals surface area (Å²) in [5, 5.41) is 26.0. The molecule has 0 saturated heterocycles. The van der Waals surface area contributed by atoms with E-state index in [1.54, 1.807) is 0 Å². The molecule has 0 rings (SSSR count). The van der Waals surface area contributed by atoms with Gasteiger partial charge in [0.1, 0.15) is 0 Å². The molecule has 0 radical (unpaired) electrons.